The summed E-state index contributed by atoms with van der Waals surface area (Å²) in [7, 11) is 1.59. The van der Waals surface area contributed by atoms with Crippen LogP contribution >= 0.6 is 0 Å². The van der Waals surface area contributed by atoms with Gasteiger partial charge in [-0.1, -0.05) is 65.8 Å². The summed E-state index contributed by atoms with van der Waals surface area (Å²) < 4.78 is 5.23. The molecule has 0 aromatic heterocycles. The lowest BCUT2D eigenvalue weighted by atomic mass is 10.0. The molecule has 5 heteroatoms. The molecule has 0 heterocycles. The van der Waals surface area contributed by atoms with Crippen LogP contribution in [0, 0.1) is 0 Å². The van der Waals surface area contributed by atoms with E-state index in [1.165, 1.54) is 6.21 Å². The summed E-state index contributed by atoms with van der Waals surface area (Å²) >= 11 is 0. The number of carbonyl (C=O) groups is 1. The van der Waals surface area contributed by atoms with E-state index in [9.17, 15) is 4.79 Å². The largest absolute Gasteiger partial charge is 0.496 e. The molecule has 0 saturated carbocycles. The van der Waals surface area contributed by atoms with Gasteiger partial charge in [0, 0.05) is 16.8 Å². The highest BCUT2D eigenvalue weighted by Crippen LogP contribution is 2.27. The highest BCUT2D eigenvalue weighted by atomic mass is 16.6. The van der Waals surface area contributed by atoms with Gasteiger partial charge in [0.2, 0.25) is 0 Å². The van der Waals surface area contributed by atoms with Gasteiger partial charge < -0.3 is 14.9 Å². The van der Waals surface area contributed by atoms with Crippen LogP contribution in [0.4, 0.5) is 5.69 Å². The van der Waals surface area contributed by atoms with Crippen LogP contribution in [0.1, 0.15) is 5.56 Å². The van der Waals surface area contributed by atoms with E-state index in [4.69, 9.17) is 9.57 Å². The standard InChI is InChI=1S/C22H20N2O3/c1-26-21-14-8-5-11-18(21)15-23-27-16-22(25)24-20-13-7-6-12-19(20)17-9-3-2-4-10-17/h2-15H,16H2,1H3,(H,24,25)/b23-15-. The normalized spacial score (nSPS) is 10.6. The van der Waals surface area contributed by atoms with E-state index in [1.807, 2.05) is 78.9 Å². The van der Waals surface area contributed by atoms with Crippen molar-refractivity contribution >= 4 is 17.8 Å². The first-order valence-corrected chi connectivity index (χ1v) is 8.50. The summed E-state index contributed by atoms with van der Waals surface area (Å²) in [6.07, 6.45) is 1.52. The van der Waals surface area contributed by atoms with E-state index in [0.717, 1.165) is 22.4 Å². The van der Waals surface area contributed by atoms with Gasteiger partial charge in [-0.3, -0.25) is 4.79 Å². The number of methoxy groups -OCH3 is 1. The fraction of sp³-hybridized carbons (Fsp3) is 0.0909. The average Bonchev–Trinajstić information content (AvgIpc) is 2.72. The molecule has 3 aromatic rings. The van der Waals surface area contributed by atoms with Crippen LogP contribution in [0.5, 0.6) is 5.75 Å². The zero-order valence-corrected chi connectivity index (χ0v) is 15.0. The van der Waals surface area contributed by atoms with Crippen LogP contribution in [0.2, 0.25) is 0 Å². The molecule has 1 N–H and O–H groups in total. The summed E-state index contributed by atoms with van der Waals surface area (Å²) in [6.45, 7) is -0.186. The molecular weight excluding hydrogens is 340 g/mol. The molecule has 0 unspecified atom stereocenters. The van der Waals surface area contributed by atoms with E-state index >= 15 is 0 Å². The van der Waals surface area contributed by atoms with Crippen molar-refractivity contribution in [3.63, 3.8) is 0 Å². The number of hydrogen-bond acceptors (Lipinski definition) is 4. The maximum Gasteiger partial charge on any atom is 0.265 e. The molecule has 27 heavy (non-hydrogen) atoms. The van der Waals surface area contributed by atoms with Gasteiger partial charge in [-0.25, -0.2) is 0 Å². The van der Waals surface area contributed by atoms with Crippen molar-refractivity contribution in [3.8, 4) is 16.9 Å². The highest BCUT2D eigenvalue weighted by molar-refractivity contribution is 5.96. The first kappa shape index (κ1) is 18.2. The number of benzene rings is 3. The molecule has 0 aliphatic heterocycles. The Balaban J connectivity index is 1.60. The van der Waals surface area contributed by atoms with Crippen molar-refractivity contribution in [1.29, 1.82) is 0 Å². The number of nitrogens with zero attached hydrogens (tertiary/aromatic N) is 1. The molecule has 0 saturated heterocycles. The molecule has 0 radical (unpaired) electrons. The molecule has 3 aromatic carbocycles. The van der Waals surface area contributed by atoms with Crippen molar-refractivity contribution in [2.24, 2.45) is 5.16 Å². The quantitative estimate of drug-likeness (QED) is 0.503. The predicted octanol–water partition coefficient (Wildman–Crippen LogP) is 4.35. The zero-order valence-electron chi connectivity index (χ0n) is 15.0. The second-order valence-corrected chi connectivity index (χ2v) is 5.71. The van der Waals surface area contributed by atoms with Crippen molar-refractivity contribution < 1.29 is 14.4 Å². The molecule has 5 nitrogen and oxygen atoms in total. The zero-order chi connectivity index (χ0) is 18.9. The molecule has 1 amide bonds. The third-order valence-corrected chi connectivity index (χ3v) is 3.89. The molecule has 0 spiro atoms. The number of amides is 1. The number of oxime groups is 1. The average molecular weight is 360 g/mol. The van der Waals surface area contributed by atoms with E-state index in [0.29, 0.717) is 5.75 Å². The van der Waals surface area contributed by atoms with E-state index in [2.05, 4.69) is 10.5 Å². The number of hydrogen-bond donors (Lipinski definition) is 1. The molecule has 3 rings (SSSR count). The molecule has 0 aliphatic rings. The van der Waals surface area contributed by atoms with E-state index < -0.39 is 0 Å². The Kier molecular flexibility index (Phi) is 6.20. The van der Waals surface area contributed by atoms with Crippen LogP contribution in [-0.2, 0) is 9.63 Å². The van der Waals surface area contributed by atoms with E-state index in [-0.39, 0.29) is 12.5 Å². The van der Waals surface area contributed by atoms with Crippen LogP contribution in [-0.4, -0.2) is 25.8 Å². The van der Waals surface area contributed by atoms with Crippen molar-refractivity contribution in [3.05, 3.63) is 84.4 Å². The highest BCUT2D eigenvalue weighted by Gasteiger charge is 2.08. The van der Waals surface area contributed by atoms with Crippen LogP contribution < -0.4 is 10.1 Å². The lowest BCUT2D eigenvalue weighted by Gasteiger charge is -2.10. The molecular formula is C22H20N2O3. The number of para-hydroxylation sites is 2. The Morgan fingerprint density at radius 1 is 0.963 bits per heavy atom. The number of ether oxygens (including phenoxy) is 1. The topological polar surface area (TPSA) is 59.9 Å². The second-order valence-electron chi connectivity index (χ2n) is 5.71. The molecule has 0 fully saturated rings. The van der Waals surface area contributed by atoms with Crippen molar-refractivity contribution in [2.45, 2.75) is 0 Å². The smallest absolute Gasteiger partial charge is 0.265 e. The Hall–Kier alpha value is -3.60. The lowest BCUT2D eigenvalue weighted by Crippen LogP contribution is -2.17. The van der Waals surface area contributed by atoms with Gasteiger partial charge in [-0.05, 0) is 23.8 Å². The van der Waals surface area contributed by atoms with Gasteiger partial charge >= 0.3 is 0 Å². The maximum atomic E-state index is 12.2. The van der Waals surface area contributed by atoms with Gasteiger partial charge in [-0.2, -0.15) is 0 Å². The van der Waals surface area contributed by atoms with Crippen molar-refractivity contribution in [1.82, 2.24) is 0 Å². The fourth-order valence-electron chi connectivity index (χ4n) is 2.61. The Morgan fingerprint density at radius 3 is 2.48 bits per heavy atom. The monoisotopic (exact) mass is 360 g/mol. The Bertz CT molecular complexity index is 924. The molecule has 0 aliphatic carbocycles. The Morgan fingerprint density at radius 2 is 1.67 bits per heavy atom. The second kappa shape index (κ2) is 9.20. The number of anilines is 1. The summed E-state index contributed by atoms with van der Waals surface area (Å²) in [5, 5.41) is 6.71. The molecule has 136 valence electrons. The number of nitrogens with one attached hydrogen (secondary N) is 1. The third kappa shape index (κ3) is 4.95. The SMILES string of the molecule is COc1ccccc1/C=N\OCC(=O)Nc1ccccc1-c1ccccc1. The van der Waals surface area contributed by atoms with Crippen molar-refractivity contribution in [2.75, 3.05) is 19.0 Å². The van der Waals surface area contributed by atoms with Gasteiger partial charge in [0.15, 0.2) is 6.61 Å². The van der Waals surface area contributed by atoms with Gasteiger partial charge in [0.25, 0.3) is 5.91 Å². The third-order valence-electron chi connectivity index (χ3n) is 3.89. The minimum Gasteiger partial charge on any atom is -0.496 e. The summed E-state index contributed by atoms with van der Waals surface area (Å²) in [4.78, 5) is 17.3. The maximum absolute atomic E-state index is 12.2. The van der Waals surface area contributed by atoms with E-state index in [1.54, 1.807) is 7.11 Å². The van der Waals surface area contributed by atoms with Gasteiger partial charge in [0.1, 0.15) is 5.75 Å². The molecule has 0 bridgehead atoms. The number of rotatable bonds is 7. The summed E-state index contributed by atoms with van der Waals surface area (Å²) in [6, 6.07) is 24.9. The van der Waals surface area contributed by atoms with Crippen LogP contribution in [0.15, 0.2) is 84.0 Å². The first-order valence-electron chi connectivity index (χ1n) is 8.50. The fourth-order valence-corrected chi connectivity index (χ4v) is 2.61. The van der Waals surface area contributed by atoms with Crippen LogP contribution in [0.3, 0.4) is 0 Å². The summed E-state index contributed by atoms with van der Waals surface area (Å²) in [5.74, 6) is 0.404. The summed E-state index contributed by atoms with van der Waals surface area (Å²) in [5.41, 5.74) is 3.48. The van der Waals surface area contributed by atoms with Crippen LogP contribution in [0.25, 0.3) is 11.1 Å². The first-order chi connectivity index (χ1) is 13.3. The van der Waals surface area contributed by atoms with Gasteiger partial charge in [-0.15, -0.1) is 0 Å². The lowest BCUT2D eigenvalue weighted by molar-refractivity contribution is -0.120. The number of carbonyl (C=O) groups excluding carboxylic acids is 1. The minimum atomic E-state index is -0.282. The van der Waals surface area contributed by atoms with Gasteiger partial charge in [0.05, 0.1) is 13.3 Å². The molecule has 0 atom stereocenters. The Labute approximate surface area is 158 Å². The predicted molar refractivity (Wildman–Crippen MR) is 107 cm³/mol. The minimum absolute atomic E-state index is 0.186.